The third kappa shape index (κ3) is 24.6. The molecule has 238 valence electrons. The number of hydrogen-bond acceptors (Lipinski definition) is 5. The van der Waals surface area contributed by atoms with E-state index in [2.05, 4.69) is 67.8 Å². The van der Waals surface area contributed by atoms with Crippen molar-refractivity contribution in [1.82, 2.24) is 5.32 Å². The molecule has 41 heavy (non-hydrogen) atoms. The molecule has 0 aliphatic carbocycles. The third-order valence-corrected chi connectivity index (χ3v) is 7.27. The van der Waals surface area contributed by atoms with E-state index in [4.69, 9.17) is 0 Å². The van der Waals surface area contributed by atoms with Crippen LogP contribution in [0.3, 0.4) is 0 Å². The molecule has 0 radical (unpaired) electrons. The molecule has 4 atom stereocenters. The lowest BCUT2D eigenvalue weighted by atomic mass is 10.00. The van der Waals surface area contributed by atoms with Gasteiger partial charge in [0.05, 0.1) is 18.8 Å². The second-order valence-electron chi connectivity index (χ2n) is 11.2. The molecular weight excluding hydrogens is 514 g/mol. The van der Waals surface area contributed by atoms with Crippen LogP contribution in [-0.2, 0) is 4.79 Å². The van der Waals surface area contributed by atoms with Crippen LogP contribution in [-0.4, -0.2) is 57.3 Å². The molecule has 0 heterocycles. The van der Waals surface area contributed by atoms with E-state index >= 15 is 0 Å². The lowest BCUT2D eigenvalue weighted by Crippen LogP contribution is -2.53. The summed E-state index contributed by atoms with van der Waals surface area (Å²) in [5, 5.41) is 43.2. The maximum atomic E-state index is 12.4. The molecule has 0 saturated heterocycles. The van der Waals surface area contributed by atoms with Crippen molar-refractivity contribution in [1.29, 1.82) is 0 Å². The number of amides is 1. The normalized spacial score (nSPS) is 15.4. The fraction of sp³-hybridized carbons (Fsp3) is 0.743. The minimum absolute atomic E-state index is 0.340. The van der Waals surface area contributed by atoms with Gasteiger partial charge in [-0.1, -0.05) is 114 Å². The van der Waals surface area contributed by atoms with Crippen LogP contribution in [0.2, 0.25) is 0 Å². The fourth-order valence-electron chi connectivity index (χ4n) is 4.51. The van der Waals surface area contributed by atoms with Crippen molar-refractivity contribution in [3.8, 4) is 0 Å². The third-order valence-electron chi connectivity index (χ3n) is 7.27. The maximum absolute atomic E-state index is 12.4. The van der Waals surface area contributed by atoms with Gasteiger partial charge in [-0.2, -0.15) is 0 Å². The Labute approximate surface area is 251 Å². The van der Waals surface area contributed by atoms with Crippen LogP contribution in [0.1, 0.15) is 136 Å². The second kappa shape index (κ2) is 29.8. The second-order valence-corrected chi connectivity index (χ2v) is 11.2. The number of aliphatic hydroxyl groups is 4. The molecule has 5 N–H and O–H groups in total. The largest absolute Gasteiger partial charge is 0.394 e. The Bertz CT molecular complexity index is 703. The van der Waals surface area contributed by atoms with Crippen molar-refractivity contribution in [3.63, 3.8) is 0 Å². The summed E-state index contributed by atoms with van der Waals surface area (Å²) in [6.45, 7) is 3.90. The van der Waals surface area contributed by atoms with E-state index in [0.717, 1.165) is 70.6 Å². The molecule has 0 spiro atoms. The Balaban J connectivity index is 3.99. The summed E-state index contributed by atoms with van der Waals surface area (Å²) >= 11 is 0. The number of nitrogens with one attached hydrogen (secondary N) is 1. The highest BCUT2D eigenvalue weighted by molar-refractivity contribution is 5.80. The molecule has 0 saturated carbocycles. The minimum atomic E-state index is -1.29. The van der Waals surface area contributed by atoms with Crippen LogP contribution in [0.15, 0.2) is 48.6 Å². The van der Waals surface area contributed by atoms with E-state index in [9.17, 15) is 25.2 Å². The van der Waals surface area contributed by atoms with Crippen LogP contribution in [0.25, 0.3) is 0 Å². The van der Waals surface area contributed by atoms with Crippen molar-refractivity contribution < 1.29 is 25.2 Å². The summed E-state index contributed by atoms with van der Waals surface area (Å²) < 4.78 is 0. The summed E-state index contributed by atoms with van der Waals surface area (Å²) in [6, 6.07) is -1.01. The van der Waals surface area contributed by atoms with Crippen LogP contribution in [0.5, 0.6) is 0 Å². The first-order valence-electron chi connectivity index (χ1n) is 16.5. The van der Waals surface area contributed by atoms with Gasteiger partial charge in [-0.15, -0.1) is 0 Å². The van der Waals surface area contributed by atoms with E-state index in [1.807, 2.05) is 0 Å². The van der Waals surface area contributed by atoms with Gasteiger partial charge >= 0.3 is 0 Å². The molecule has 4 unspecified atom stereocenters. The Kier molecular flexibility index (Phi) is 28.5. The van der Waals surface area contributed by atoms with Gasteiger partial charge < -0.3 is 25.7 Å². The summed E-state index contributed by atoms with van der Waals surface area (Å²) in [5.74, 6) is -0.616. The number of hydrogen-bond donors (Lipinski definition) is 5. The van der Waals surface area contributed by atoms with Crippen LogP contribution < -0.4 is 5.32 Å². The number of aliphatic hydroxyl groups excluding tert-OH is 4. The van der Waals surface area contributed by atoms with Gasteiger partial charge in [0.15, 0.2) is 0 Å². The molecule has 6 heteroatoms. The van der Waals surface area contributed by atoms with Crippen molar-refractivity contribution in [2.24, 2.45) is 0 Å². The molecular formula is C35H63NO5. The average Bonchev–Trinajstić information content (AvgIpc) is 2.98. The summed E-state index contributed by atoms with van der Waals surface area (Å²) in [7, 11) is 0. The average molecular weight is 578 g/mol. The fourth-order valence-corrected chi connectivity index (χ4v) is 4.51. The molecule has 0 aromatic rings. The Morgan fingerprint density at radius 2 is 1.12 bits per heavy atom. The lowest BCUT2D eigenvalue weighted by Gasteiger charge is -2.27. The van der Waals surface area contributed by atoms with Crippen molar-refractivity contribution >= 4 is 5.91 Å². The topological polar surface area (TPSA) is 110 Å². The predicted octanol–water partition coefficient (Wildman–Crippen LogP) is 7.22. The molecule has 0 aromatic heterocycles. The quantitative estimate of drug-likeness (QED) is 0.0383. The van der Waals surface area contributed by atoms with Gasteiger partial charge in [0.2, 0.25) is 5.91 Å². The monoisotopic (exact) mass is 577 g/mol. The van der Waals surface area contributed by atoms with Crippen molar-refractivity contribution in [2.75, 3.05) is 6.61 Å². The molecule has 0 fully saturated rings. The van der Waals surface area contributed by atoms with Gasteiger partial charge in [0.1, 0.15) is 12.2 Å². The highest BCUT2D eigenvalue weighted by atomic mass is 16.3. The van der Waals surface area contributed by atoms with Crippen LogP contribution in [0.4, 0.5) is 0 Å². The highest BCUT2D eigenvalue weighted by Gasteiger charge is 2.28. The van der Waals surface area contributed by atoms with Gasteiger partial charge in [0, 0.05) is 0 Å². The number of carbonyl (C=O) groups excluding carboxylic acids is 1. The van der Waals surface area contributed by atoms with Gasteiger partial charge in [-0.05, 0) is 70.6 Å². The Morgan fingerprint density at radius 1 is 0.610 bits per heavy atom. The zero-order valence-corrected chi connectivity index (χ0v) is 26.3. The van der Waals surface area contributed by atoms with E-state index < -0.39 is 36.9 Å². The zero-order chi connectivity index (χ0) is 30.4. The van der Waals surface area contributed by atoms with Crippen LogP contribution in [0, 0.1) is 0 Å². The first-order valence-corrected chi connectivity index (χ1v) is 16.5. The van der Waals surface area contributed by atoms with Gasteiger partial charge in [0.25, 0.3) is 0 Å². The molecule has 1 amide bonds. The summed E-state index contributed by atoms with van der Waals surface area (Å²) in [6.07, 6.45) is 32.7. The number of allylic oxidation sites excluding steroid dienone is 8. The first-order chi connectivity index (χ1) is 20.0. The Morgan fingerprint density at radius 3 is 1.73 bits per heavy atom. The first kappa shape index (κ1) is 39.3. The van der Waals surface area contributed by atoms with E-state index in [1.165, 1.54) is 32.1 Å². The lowest BCUT2D eigenvalue weighted by molar-refractivity contribution is -0.132. The smallest absolute Gasteiger partial charge is 0.249 e. The summed E-state index contributed by atoms with van der Waals surface area (Å²) in [4.78, 5) is 12.4. The standard InChI is InChI=1S/C35H63NO5/c1-3-5-7-9-11-13-15-16-17-19-21-23-25-27-29-33(39)35(41)36-31(30-37)34(40)32(38)28-26-24-22-20-18-14-12-10-8-6-4-2/h10-13,15-16,20,22,31-34,37-40H,3-9,14,17-19,21,23-30H2,1-2H3,(H,36,41)/b12-10+,13-11-,16-15-,22-20+. The van der Waals surface area contributed by atoms with E-state index in [1.54, 1.807) is 0 Å². The molecule has 0 aliphatic heterocycles. The van der Waals surface area contributed by atoms with Gasteiger partial charge in [-0.3, -0.25) is 4.79 Å². The number of carbonyl (C=O) groups is 1. The van der Waals surface area contributed by atoms with Crippen molar-refractivity contribution in [3.05, 3.63) is 48.6 Å². The zero-order valence-electron chi connectivity index (χ0n) is 26.3. The summed E-state index contributed by atoms with van der Waals surface area (Å²) in [5.41, 5.74) is 0. The molecule has 6 nitrogen and oxygen atoms in total. The molecule has 0 rings (SSSR count). The SMILES string of the molecule is CCCC/C=C/CC/C=C/CCCC(O)C(O)C(CO)NC(=O)C(O)CCCCCCC/C=C\C=C/CCCCC. The molecule has 0 aromatic carbocycles. The maximum Gasteiger partial charge on any atom is 0.249 e. The van der Waals surface area contributed by atoms with Crippen LogP contribution >= 0.6 is 0 Å². The predicted molar refractivity (Wildman–Crippen MR) is 173 cm³/mol. The van der Waals surface area contributed by atoms with Crippen molar-refractivity contribution in [2.45, 2.75) is 160 Å². The number of unbranched alkanes of at least 4 members (excludes halogenated alkanes) is 12. The van der Waals surface area contributed by atoms with E-state index in [0.29, 0.717) is 19.3 Å². The van der Waals surface area contributed by atoms with Gasteiger partial charge in [-0.25, -0.2) is 0 Å². The molecule has 0 aliphatic rings. The molecule has 0 bridgehead atoms. The highest BCUT2D eigenvalue weighted by Crippen LogP contribution is 2.12. The van der Waals surface area contributed by atoms with E-state index in [-0.39, 0.29) is 0 Å². The Hall–Kier alpha value is -1.73. The number of rotatable bonds is 28. The minimum Gasteiger partial charge on any atom is -0.394 e.